The fourth-order valence-electron chi connectivity index (χ4n) is 2.96. The molecule has 4 rings (SSSR count). The van der Waals surface area contributed by atoms with Crippen LogP contribution < -0.4 is 14.2 Å². The van der Waals surface area contributed by atoms with E-state index in [1.54, 1.807) is 0 Å². The minimum absolute atomic E-state index is 0.426. The quantitative estimate of drug-likeness (QED) is 0.495. The summed E-state index contributed by atoms with van der Waals surface area (Å²) in [5.41, 5.74) is 2.64. The van der Waals surface area contributed by atoms with Gasteiger partial charge in [-0.3, -0.25) is 4.81 Å². The lowest BCUT2D eigenvalue weighted by atomic mass is 9.75. The molecule has 0 aliphatic carbocycles. The van der Waals surface area contributed by atoms with E-state index in [4.69, 9.17) is 0 Å². The van der Waals surface area contributed by atoms with E-state index in [1.807, 2.05) is 0 Å². The lowest BCUT2D eigenvalue weighted by Crippen LogP contribution is -2.45. The molecular formula is C13H13BN3+. The normalized spacial score (nSPS) is 15.9. The van der Waals surface area contributed by atoms with Crippen LogP contribution in [0.2, 0.25) is 0 Å². The van der Waals surface area contributed by atoms with Crippen LogP contribution in [0.1, 0.15) is 0 Å². The van der Waals surface area contributed by atoms with E-state index in [1.165, 1.54) is 17.2 Å². The summed E-state index contributed by atoms with van der Waals surface area (Å²) in [6.07, 6.45) is 3.19. The van der Waals surface area contributed by atoms with Gasteiger partial charge in [0.2, 0.25) is 0 Å². The standard InChI is InChI=1S/C13H13BN3/c1-15-11-6-2-3-7-12(11)17-13-8-4-5-9-16(13)10-14(15)17/h2-9H,10H2,1H3/q+1. The topological polar surface area (TPSA) is 10.4 Å². The predicted molar refractivity (Wildman–Crippen MR) is 69.4 cm³/mol. The first kappa shape index (κ1) is 9.11. The summed E-state index contributed by atoms with van der Waals surface area (Å²) in [6, 6.07) is 15.0. The fourth-order valence-corrected chi connectivity index (χ4v) is 2.96. The summed E-state index contributed by atoms with van der Waals surface area (Å²) in [5.74, 6) is 1.29. The summed E-state index contributed by atoms with van der Waals surface area (Å²) < 4.78 is 2.32. The molecule has 0 radical (unpaired) electrons. The number of benzene rings is 1. The van der Waals surface area contributed by atoms with Gasteiger partial charge in [-0.1, -0.05) is 18.2 Å². The van der Waals surface area contributed by atoms with Crippen LogP contribution in [-0.2, 0) is 6.44 Å². The van der Waals surface area contributed by atoms with Crippen LogP contribution in [0.3, 0.4) is 0 Å². The van der Waals surface area contributed by atoms with Gasteiger partial charge in [-0.25, -0.2) is 4.57 Å². The Kier molecular flexibility index (Phi) is 1.63. The number of aromatic nitrogens is 1. The van der Waals surface area contributed by atoms with E-state index in [2.05, 4.69) is 69.9 Å². The zero-order chi connectivity index (χ0) is 11.4. The van der Waals surface area contributed by atoms with E-state index in [0.717, 1.165) is 6.44 Å². The smallest absolute Gasteiger partial charge is 0.371 e. The maximum Gasteiger partial charge on any atom is 0.545 e. The number of hydrogen-bond acceptors (Lipinski definition) is 2. The summed E-state index contributed by atoms with van der Waals surface area (Å²) in [6.45, 7) is 0.426. The fraction of sp³-hybridized carbons (Fsp3) is 0.154. The molecule has 0 amide bonds. The van der Waals surface area contributed by atoms with E-state index in [0.29, 0.717) is 6.98 Å². The summed E-state index contributed by atoms with van der Waals surface area (Å²) in [7, 11) is 2.18. The molecule has 17 heavy (non-hydrogen) atoms. The van der Waals surface area contributed by atoms with Crippen molar-refractivity contribution in [3.8, 4) is 0 Å². The molecular weight excluding hydrogens is 209 g/mol. The summed E-state index contributed by atoms with van der Waals surface area (Å²) in [4.78, 5) is 4.79. The molecule has 0 bridgehead atoms. The van der Waals surface area contributed by atoms with Crippen molar-refractivity contribution in [3.05, 3.63) is 48.7 Å². The molecule has 3 heterocycles. The van der Waals surface area contributed by atoms with Crippen molar-refractivity contribution < 1.29 is 4.57 Å². The van der Waals surface area contributed by atoms with Crippen LogP contribution in [0.15, 0.2) is 48.7 Å². The zero-order valence-corrected chi connectivity index (χ0v) is 9.74. The second-order valence-electron chi connectivity index (χ2n) is 4.66. The van der Waals surface area contributed by atoms with Crippen molar-refractivity contribution >= 4 is 24.2 Å². The Labute approximate surface area is 101 Å². The van der Waals surface area contributed by atoms with Gasteiger partial charge in [0.1, 0.15) is 12.1 Å². The highest BCUT2D eigenvalue weighted by Gasteiger charge is 2.53. The first-order chi connectivity index (χ1) is 8.36. The number of para-hydroxylation sites is 2. The second kappa shape index (κ2) is 3.03. The van der Waals surface area contributed by atoms with Crippen molar-refractivity contribution in [2.75, 3.05) is 16.7 Å². The van der Waals surface area contributed by atoms with Gasteiger partial charge in [0.25, 0.3) is 5.82 Å². The molecule has 3 nitrogen and oxygen atoms in total. The Morgan fingerprint density at radius 2 is 1.82 bits per heavy atom. The second-order valence-corrected chi connectivity index (χ2v) is 4.66. The summed E-state index contributed by atoms with van der Waals surface area (Å²) >= 11 is 0. The van der Waals surface area contributed by atoms with Crippen LogP contribution in [0.25, 0.3) is 0 Å². The van der Waals surface area contributed by atoms with E-state index in [9.17, 15) is 0 Å². The highest BCUT2D eigenvalue weighted by Crippen LogP contribution is 2.42. The van der Waals surface area contributed by atoms with Crippen molar-refractivity contribution in [1.82, 2.24) is 0 Å². The first-order valence-corrected chi connectivity index (χ1v) is 5.96. The third kappa shape index (κ3) is 1.05. The highest BCUT2D eigenvalue weighted by molar-refractivity contribution is 6.70. The molecule has 4 heteroatoms. The minimum atomic E-state index is 0.426. The maximum atomic E-state index is 2.43. The van der Waals surface area contributed by atoms with Gasteiger partial charge < -0.3 is 4.81 Å². The Morgan fingerprint density at radius 1 is 1.06 bits per heavy atom. The van der Waals surface area contributed by atoms with Crippen LogP contribution in [0, 0.1) is 0 Å². The highest BCUT2D eigenvalue weighted by atomic mass is 15.4. The van der Waals surface area contributed by atoms with Gasteiger partial charge in [0.05, 0.1) is 11.9 Å². The Bertz CT molecular complexity index is 599. The van der Waals surface area contributed by atoms with E-state index < -0.39 is 0 Å². The van der Waals surface area contributed by atoms with Gasteiger partial charge >= 0.3 is 6.98 Å². The lowest BCUT2D eigenvalue weighted by molar-refractivity contribution is -0.661. The molecule has 0 atom stereocenters. The molecule has 2 aliphatic rings. The van der Waals surface area contributed by atoms with Gasteiger partial charge in [0.15, 0.2) is 0 Å². The SMILES string of the molecule is CN1B2C[n+]3ccccc3N2c2ccccc21. The third-order valence-electron chi connectivity index (χ3n) is 3.79. The molecule has 0 saturated carbocycles. The molecule has 82 valence electrons. The number of anilines is 3. The van der Waals surface area contributed by atoms with Crippen LogP contribution in [0.5, 0.6) is 0 Å². The first-order valence-electron chi connectivity index (χ1n) is 5.96. The predicted octanol–water partition coefficient (Wildman–Crippen LogP) is 1.60. The molecule has 2 aliphatic heterocycles. The molecule has 1 aromatic carbocycles. The van der Waals surface area contributed by atoms with Crippen LogP contribution in [0.4, 0.5) is 17.2 Å². The van der Waals surface area contributed by atoms with Crippen molar-refractivity contribution in [2.24, 2.45) is 0 Å². The summed E-state index contributed by atoms with van der Waals surface area (Å²) in [5, 5.41) is 0. The number of pyridine rings is 1. The van der Waals surface area contributed by atoms with Gasteiger partial charge in [-0.05, 0) is 25.2 Å². The van der Waals surface area contributed by atoms with Crippen LogP contribution >= 0.6 is 0 Å². The largest absolute Gasteiger partial charge is 0.545 e. The molecule has 0 spiro atoms. The molecule has 0 fully saturated rings. The van der Waals surface area contributed by atoms with E-state index in [-0.39, 0.29) is 0 Å². The molecule has 0 saturated heterocycles. The average Bonchev–Trinajstić information content (AvgIpc) is 2.88. The zero-order valence-electron chi connectivity index (χ0n) is 9.74. The third-order valence-corrected chi connectivity index (χ3v) is 3.79. The Balaban J connectivity index is 1.95. The van der Waals surface area contributed by atoms with Gasteiger partial charge in [-0.15, -0.1) is 0 Å². The number of fused-ring (bicyclic) bond motifs is 5. The van der Waals surface area contributed by atoms with Crippen molar-refractivity contribution in [2.45, 2.75) is 6.44 Å². The molecule has 2 aromatic rings. The van der Waals surface area contributed by atoms with Gasteiger partial charge in [-0.2, -0.15) is 0 Å². The maximum absolute atomic E-state index is 2.43. The average molecular weight is 222 g/mol. The minimum Gasteiger partial charge on any atom is -0.371 e. The molecule has 1 aromatic heterocycles. The van der Waals surface area contributed by atoms with Crippen molar-refractivity contribution in [3.63, 3.8) is 0 Å². The monoisotopic (exact) mass is 222 g/mol. The number of hydrogen-bond donors (Lipinski definition) is 0. The van der Waals surface area contributed by atoms with Crippen LogP contribution in [-0.4, -0.2) is 14.0 Å². The molecule has 0 unspecified atom stereocenters. The van der Waals surface area contributed by atoms with Crippen molar-refractivity contribution in [1.29, 1.82) is 0 Å². The van der Waals surface area contributed by atoms with Gasteiger partial charge in [0, 0.05) is 6.07 Å². The Morgan fingerprint density at radius 3 is 2.71 bits per heavy atom. The Hall–Kier alpha value is -1.97. The lowest BCUT2D eigenvalue weighted by Gasteiger charge is -2.11. The molecule has 0 N–H and O–H groups in total. The van der Waals surface area contributed by atoms with E-state index >= 15 is 0 Å². The number of rotatable bonds is 0. The number of nitrogens with zero attached hydrogens (tertiary/aromatic N) is 3.